The molecule has 2 bridgehead atoms. The fourth-order valence-corrected chi connectivity index (χ4v) is 4.77. The van der Waals surface area contributed by atoms with E-state index in [4.69, 9.17) is 0 Å². The number of piperidine rings is 2. The van der Waals surface area contributed by atoms with Crippen LogP contribution in [0.15, 0.2) is 30.3 Å². The van der Waals surface area contributed by atoms with Crippen LogP contribution < -0.4 is 0 Å². The van der Waals surface area contributed by atoms with Crippen molar-refractivity contribution in [2.45, 2.75) is 44.3 Å². The van der Waals surface area contributed by atoms with E-state index in [1.807, 2.05) is 11.9 Å². The lowest BCUT2D eigenvalue weighted by molar-refractivity contribution is -0.138. The zero-order chi connectivity index (χ0) is 16.5. The number of likely N-dealkylation sites (N-methyl/N-ethyl adjacent to an activating group) is 1. The molecule has 4 aliphatic heterocycles. The molecular weight excluding hydrogens is 298 g/mol. The summed E-state index contributed by atoms with van der Waals surface area (Å²) >= 11 is 0. The summed E-state index contributed by atoms with van der Waals surface area (Å²) in [5.41, 5.74) is 1.41. The Bertz CT molecular complexity index is 568. The molecule has 0 spiro atoms. The van der Waals surface area contributed by atoms with Crippen molar-refractivity contribution >= 4 is 5.91 Å². The standard InChI is InChI=1S/C20H29N3O/c1-21-19-8-7-17(20(21)24)14-23(15-19)18-9-11-22(12-10-18)13-16-5-3-2-4-6-16/h2-6,17-19H,7-15H2,1H3/t17-,19+/m0/s1. The first kappa shape index (κ1) is 16.1. The van der Waals surface area contributed by atoms with E-state index < -0.39 is 0 Å². The van der Waals surface area contributed by atoms with Gasteiger partial charge < -0.3 is 4.90 Å². The summed E-state index contributed by atoms with van der Waals surface area (Å²) < 4.78 is 0. The molecule has 24 heavy (non-hydrogen) atoms. The van der Waals surface area contributed by atoms with Crippen molar-refractivity contribution in [1.82, 2.24) is 14.7 Å². The third-order valence-electron chi connectivity index (χ3n) is 6.32. The monoisotopic (exact) mass is 327 g/mol. The number of hydrogen-bond donors (Lipinski definition) is 0. The lowest BCUT2D eigenvalue weighted by Gasteiger charge is -2.39. The summed E-state index contributed by atoms with van der Waals surface area (Å²) in [6, 6.07) is 11.9. The molecule has 0 saturated carbocycles. The molecule has 4 heterocycles. The van der Waals surface area contributed by atoms with Crippen molar-refractivity contribution in [1.29, 1.82) is 0 Å². The SMILES string of the molecule is CN1C(=O)[C@H]2CC[C@@H]1CN(C1CCN(Cc3ccccc3)CC1)C2. The van der Waals surface area contributed by atoms with E-state index in [-0.39, 0.29) is 5.92 Å². The first-order valence-corrected chi connectivity index (χ1v) is 9.47. The van der Waals surface area contributed by atoms with Crippen LogP contribution in [-0.2, 0) is 11.3 Å². The van der Waals surface area contributed by atoms with Crippen LogP contribution in [0, 0.1) is 5.92 Å². The smallest absolute Gasteiger partial charge is 0.227 e. The van der Waals surface area contributed by atoms with Crippen LogP contribution in [0.25, 0.3) is 0 Å². The summed E-state index contributed by atoms with van der Waals surface area (Å²) in [5, 5.41) is 0. The second kappa shape index (κ2) is 6.85. The number of carbonyl (C=O) groups is 1. The highest BCUT2D eigenvalue weighted by Crippen LogP contribution is 2.31. The Kier molecular flexibility index (Phi) is 4.59. The third kappa shape index (κ3) is 3.22. The number of benzene rings is 1. The Morgan fingerprint density at radius 1 is 0.958 bits per heavy atom. The molecule has 0 aromatic heterocycles. The lowest BCUT2D eigenvalue weighted by Crippen LogP contribution is -2.48. The zero-order valence-electron chi connectivity index (χ0n) is 14.7. The molecule has 4 heteroatoms. The van der Waals surface area contributed by atoms with E-state index >= 15 is 0 Å². The molecule has 0 unspecified atom stereocenters. The van der Waals surface area contributed by atoms with Gasteiger partial charge in [0.1, 0.15) is 0 Å². The average molecular weight is 327 g/mol. The average Bonchev–Trinajstić information content (AvgIpc) is 2.90. The summed E-state index contributed by atoms with van der Waals surface area (Å²) in [5.74, 6) is 0.631. The molecule has 1 aromatic rings. The van der Waals surface area contributed by atoms with Crippen LogP contribution in [0.2, 0.25) is 0 Å². The van der Waals surface area contributed by atoms with Gasteiger partial charge >= 0.3 is 0 Å². The van der Waals surface area contributed by atoms with Crippen molar-refractivity contribution in [3.63, 3.8) is 0 Å². The molecule has 0 aliphatic carbocycles. The van der Waals surface area contributed by atoms with Crippen LogP contribution in [0.1, 0.15) is 31.2 Å². The molecule has 2 atom stereocenters. The van der Waals surface area contributed by atoms with Crippen LogP contribution in [0.5, 0.6) is 0 Å². The molecule has 4 fully saturated rings. The highest BCUT2D eigenvalue weighted by atomic mass is 16.2. The highest BCUT2D eigenvalue weighted by Gasteiger charge is 2.40. The van der Waals surface area contributed by atoms with E-state index in [1.165, 1.54) is 37.9 Å². The molecule has 0 N–H and O–H groups in total. The second-order valence-corrected chi connectivity index (χ2v) is 7.82. The van der Waals surface area contributed by atoms with E-state index in [2.05, 4.69) is 40.1 Å². The van der Waals surface area contributed by atoms with E-state index in [9.17, 15) is 4.79 Å². The number of fused-ring (bicyclic) bond motifs is 4. The van der Waals surface area contributed by atoms with Crippen molar-refractivity contribution in [3.05, 3.63) is 35.9 Å². The van der Waals surface area contributed by atoms with Gasteiger partial charge in [0.05, 0.1) is 5.92 Å². The normalized spacial score (nSPS) is 29.9. The molecule has 5 rings (SSSR count). The maximum Gasteiger partial charge on any atom is 0.227 e. The van der Waals surface area contributed by atoms with Crippen molar-refractivity contribution in [2.75, 3.05) is 33.2 Å². The predicted octanol–water partition coefficient (Wildman–Crippen LogP) is 2.20. The van der Waals surface area contributed by atoms with Gasteiger partial charge in [-0.05, 0) is 44.3 Å². The number of rotatable bonds is 3. The molecule has 0 radical (unpaired) electrons. The first-order chi connectivity index (χ1) is 11.7. The molecule has 130 valence electrons. The minimum atomic E-state index is 0.246. The minimum absolute atomic E-state index is 0.246. The molecular formula is C20H29N3O. The predicted molar refractivity (Wildman–Crippen MR) is 95.6 cm³/mol. The number of carbonyl (C=O) groups excluding carboxylic acids is 1. The largest absolute Gasteiger partial charge is 0.341 e. The Morgan fingerprint density at radius 3 is 2.46 bits per heavy atom. The zero-order valence-corrected chi connectivity index (χ0v) is 14.7. The van der Waals surface area contributed by atoms with Gasteiger partial charge in [-0.2, -0.15) is 0 Å². The topological polar surface area (TPSA) is 26.8 Å². The van der Waals surface area contributed by atoms with Crippen molar-refractivity contribution in [2.24, 2.45) is 5.92 Å². The van der Waals surface area contributed by atoms with Gasteiger partial charge in [-0.25, -0.2) is 0 Å². The maximum absolute atomic E-state index is 12.4. The van der Waals surface area contributed by atoms with Crippen LogP contribution in [-0.4, -0.2) is 65.9 Å². The van der Waals surface area contributed by atoms with Gasteiger partial charge in [0.25, 0.3) is 0 Å². The van der Waals surface area contributed by atoms with E-state index in [0.29, 0.717) is 18.0 Å². The van der Waals surface area contributed by atoms with E-state index in [1.54, 1.807) is 0 Å². The maximum atomic E-state index is 12.4. The highest BCUT2D eigenvalue weighted by molar-refractivity contribution is 5.80. The second-order valence-electron chi connectivity index (χ2n) is 7.82. The fourth-order valence-electron chi connectivity index (χ4n) is 4.77. The van der Waals surface area contributed by atoms with Gasteiger partial charge in [-0.15, -0.1) is 0 Å². The number of nitrogens with zero attached hydrogens (tertiary/aromatic N) is 3. The Hall–Kier alpha value is -1.39. The van der Waals surface area contributed by atoms with Gasteiger partial charge in [-0.1, -0.05) is 30.3 Å². The molecule has 4 nitrogen and oxygen atoms in total. The van der Waals surface area contributed by atoms with Crippen molar-refractivity contribution in [3.8, 4) is 0 Å². The molecule has 4 aliphatic rings. The summed E-state index contributed by atoms with van der Waals surface area (Å²) in [6.45, 7) is 5.50. The van der Waals surface area contributed by atoms with Crippen LogP contribution in [0.4, 0.5) is 0 Å². The molecule has 1 aromatic carbocycles. The first-order valence-electron chi connectivity index (χ1n) is 9.47. The Labute approximate surface area is 145 Å². The molecule has 1 amide bonds. The van der Waals surface area contributed by atoms with E-state index in [0.717, 1.165) is 26.1 Å². The Balaban J connectivity index is 1.34. The summed E-state index contributed by atoms with van der Waals surface area (Å²) in [4.78, 5) is 19.6. The number of amides is 1. The number of hydrogen-bond acceptors (Lipinski definition) is 3. The van der Waals surface area contributed by atoms with Crippen LogP contribution >= 0.6 is 0 Å². The quantitative estimate of drug-likeness (QED) is 0.852. The number of likely N-dealkylation sites (tertiary alicyclic amines) is 1. The fraction of sp³-hybridized carbons (Fsp3) is 0.650. The van der Waals surface area contributed by atoms with Gasteiger partial charge in [0.2, 0.25) is 5.91 Å². The summed E-state index contributed by atoms with van der Waals surface area (Å²) in [7, 11) is 2.01. The lowest BCUT2D eigenvalue weighted by atomic mass is 9.95. The minimum Gasteiger partial charge on any atom is -0.341 e. The molecule has 4 saturated heterocycles. The van der Waals surface area contributed by atoms with Gasteiger partial charge in [0, 0.05) is 38.8 Å². The van der Waals surface area contributed by atoms with Crippen LogP contribution in [0.3, 0.4) is 0 Å². The van der Waals surface area contributed by atoms with Crippen molar-refractivity contribution < 1.29 is 4.79 Å². The Morgan fingerprint density at radius 2 is 1.71 bits per heavy atom. The third-order valence-corrected chi connectivity index (χ3v) is 6.32. The van der Waals surface area contributed by atoms with Gasteiger partial charge in [0.15, 0.2) is 0 Å². The summed E-state index contributed by atoms with van der Waals surface area (Å²) in [6.07, 6.45) is 4.77. The van der Waals surface area contributed by atoms with Gasteiger partial charge in [-0.3, -0.25) is 14.6 Å².